The van der Waals surface area contributed by atoms with Crippen LogP contribution in [0.1, 0.15) is 25.5 Å². The fraction of sp³-hybridized carbons (Fsp3) is 0.333. The quantitative estimate of drug-likeness (QED) is 0.874. The van der Waals surface area contributed by atoms with Crippen molar-refractivity contribution in [2.75, 3.05) is 7.11 Å². The molecule has 2 aromatic rings. The lowest BCUT2D eigenvalue weighted by Crippen LogP contribution is -2.17. The van der Waals surface area contributed by atoms with Gasteiger partial charge in [0.15, 0.2) is 0 Å². The minimum absolute atomic E-state index is 0.0609. The standard InChI is InChI=1S/C15H19NO/c1-10(2)15(16)13-8-9-14(17-3)12-7-5-4-6-11(12)13/h4-10,15H,16H2,1-3H3. The third kappa shape index (κ3) is 2.13. The lowest BCUT2D eigenvalue weighted by Gasteiger charge is -2.19. The lowest BCUT2D eigenvalue weighted by molar-refractivity contribution is 0.419. The topological polar surface area (TPSA) is 35.2 Å². The second kappa shape index (κ2) is 4.76. The first-order chi connectivity index (χ1) is 8.15. The Bertz CT molecular complexity index is 519. The van der Waals surface area contributed by atoms with Crippen molar-refractivity contribution in [2.24, 2.45) is 11.7 Å². The Kier molecular flexibility index (Phi) is 3.34. The molecule has 17 heavy (non-hydrogen) atoms. The number of hydrogen-bond donors (Lipinski definition) is 1. The van der Waals surface area contributed by atoms with E-state index in [0.29, 0.717) is 5.92 Å². The molecule has 0 bridgehead atoms. The molecule has 2 N–H and O–H groups in total. The van der Waals surface area contributed by atoms with Crippen molar-refractivity contribution in [1.29, 1.82) is 0 Å². The molecule has 2 rings (SSSR count). The fourth-order valence-electron chi connectivity index (χ4n) is 2.12. The van der Waals surface area contributed by atoms with Crippen LogP contribution < -0.4 is 10.5 Å². The number of rotatable bonds is 3. The SMILES string of the molecule is COc1ccc(C(N)C(C)C)c2ccccc12. The molecule has 2 heteroatoms. The van der Waals surface area contributed by atoms with Crippen LogP contribution >= 0.6 is 0 Å². The zero-order valence-electron chi connectivity index (χ0n) is 10.6. The van der Waals surface area contributed by atoms with E-state index in [1.54, 1.807) is 7.11 Å². The molecule has 0 radical (unpaired) electrons. The number of benzene rings is 2. The van der Waals surface area contributed by atoms with Gasteiger partial charge >= 0.3 is 0 Å². The molecule has 0 heterocycles. The van der Waals surface area contributed by atoms with E-state index < -0.39 is 0 Å². The highest BCUT2D eigenvalue weighted by Gasteiger charge is 2.14. The Labute approximate surface area is 102 Å². The van der Waals surface area contributed by atoms with E-state index in [2.05, 4.69) is 32.0 Å². The van der Waals surface area contributed by atoms with Gasteiger partial charge in [0.05, 0.1) is 7.11 Å². The first kappa shape index (κ1) is 11.9. The van der Waals surface area contributed by atoms with Crippen LogP contribution in [0.25, 0.3) is 10.8 Å². The van der Waals surface area contributed by atoms with Crippen LogP contribution in [-0.4, -0.2) is 7.11 Å². The van der Waals surface area contributed by atoms with Crippen molar-refractivity contribution >= 4 is 10.8 Å². The van der Waals surface area contributed by atoms with Crippen LogP contribution in [-0.2, 0) is 0 Å². The first-order valence-electron chi connectivity index (χ1n) is 5.96. The minimum atomic E-state index is 0.0609. The molecule has 1 atom stereocenters. The number of hydrogen-bond acceptors (Lipinski definition) is 2. The Morgan fingerprint density at radius 2 is 1.65 bits per heavy atom. The van der Waals surface area contributed by atoms with Crippen LogP contribution in [0.2, 0.25) is 0 Å². The van der Waals surface area contributed by atoms with E-state index in [0.717, 1.165) is 11.1 Å². The van der Waals surface area contributed by atoms with Crippen molar-refractivity contribution < 1.29 is 4.74 Å². The monoisotopic (exact) mass is 229 g/mol. The van der Waals surface area contributed by atoms with Crippen molar-refractivity contribution in [1.82, 2.24) is 0 Å². The predicted molar refractivity (Wildman–Crippen MR) is 72.3 cm³/mol. The molecular formula is C15H19NO. The highest BCUT2D eigenvalue weighted by atomic mass is 16.5. The molecule has 1 unspecified atom stereocenters. The van der Waals surface area contributed by atoms with Gasteiger partial charge in [-0.2, -0.15) is 0 Å². The fourth-order valence-corrected chi connectivity index (χ4v) is 2.12. The summed E-state index contributed by atoms with van der Waals surface area (Å²) in [6.45, 7) is 4.29. The van der Waals surface area contributed by atoms with Crippen LogP contribution in [0.5, 0.6) is 5.75 Å². The second-order valence-corrected chi connectivity index (χ2v) is 4.67. The first-order valence-corrected chi connectivity index (χ1v) is 5.96. The summed E-state index contributed by atoms with van der Waals surface area (Å²) in [7, 11) is 1.70. The number of nitrogens with two attached hydrogens (primary N) is 1. The van der Waals surface area contributed by atoms with Gasteiger partial charge in [0.1, 0.15) is 5.75 Å². The second-order valence-electron chi connectivity index (χ2n) is 4.67. The maximum absolute atomic E-state index is 6.25. The zero-order valence-corrected chi connectivity index (χ0v) is 10.6. The van der Waals surface area contributed by atoms with Crippen molar-refractivity contribution in [3.8, 4) is 5.75 Å². The molecule has 0 aliphatic carbocycles. The van der Waals surface area contributed by atoms with Gasteiger partial charge in [-0.25, -0.2) is 0 Å². The van der Waals surface area contributed by atoms with E-state index in [9.17, 15) is 0 Å². The molecule has 0 saturated carbocycles. The Morgan fingerprint density at radius 3 is 2.24 bits per heavy atom. The predicted octanol–water partition coefficient (Wildman–Crippen LogP) is 3.50. The highest BCUT2D eigenvalue weighted by Crippen LogP contribution is 2.32. The van der Waals surface area contributed by atoms with E-state index >= 15 is 0 Å². The molecule has 90 valence electrons. The number of fused-ring (bicyclic) bond motifs is 1. The highest BCUT2D eigenvalue weighted by molar-refractivity contribution is 5.91. The Morgan fingerprint density at radius 1 is 1.00 bits per heavy atom. The molecule has 0 aliphatic rings. The molecule has 0 amide bonds. The number of methoxy groups -OCH3 is 1. The Balaban J connectivity index is 2.66. The van der Waals surface area contributed by atoms with Crippen molar-refractivity contribution in [2.45, 2.75) is 19.9 Å². The molecule has 0 spiro atoms. The zero-order chi connectivity index (χ0) is 12.4. The lowest BCUT2D eigenvalue weighted by atomic mass is 9.92. The molecular weight excluding hydrogens is 210 g/mol. The molecule has 0 fully saturated rings. The Hall–Kier alpha value is -1.54. The van der Waals surface area contributed by atoms with Gasteiger partial charge < -0.3 is 10.5 Å². The van der Waals surface area contributed by atoms with Gasteiger partial charge in [0.25, 0.3) is 0 Å². The van der Waals surface area contributed by atoms with E-state index in [1.165, 1.54) is 10.9 Å². The normalized spacial score (nSPS) is 13.0. The van der Waals surface area contributed by atoms with Crippen LogP contribution in [0, 0.1) is 5.92 Å². The van der Waals surface area contributed by atoms with E-state index in [1.807, 2.05) is 18.2 Å². The van der Waals surface area contributed by atoms with Gasteiger partial charge in [-0.05, 0) is 22.9 Å². The summed E-state index contributed by atoms with van der Waals surface area (Å²) in [6, 6.07) is 12.4. The van der Waals surface area contributed by atoms with Gasteiger partial charge in [-0.3, -0.25) is 0 Å². The molecule has 2 nitrogen and oxygen atoms in total. The van der Waals surface area contributed by atoms with Gasteiger partial charge in [-0.1, -0.05) is 44.2 Å². The molecule has 0 aromatic heterocycles. The summed E-state index contributed by atoms with van der Waals surface area (Å²) >= 11 is 0. The maximum Gasteiger partial charge on any atom is 0.126 e. The summed E-state index contributed by atoms with van der Waals surface area (Å²) in [6.07, 6.45) is 0. The van der Waals surface area contributed by atoms with Crippen LogP contribution in [0.15, 0.2) is 36.4 Å². The largest absolute Gasteiger partial charge is 0.496 e. The van der Waals surface area contributed by atoms with Gasteiger partial charge in [0, 0.05) is 11.4 Å². The third-order valence-electron chi connectivity index (χ3n) is 3.22. The molecule has 2 aromatic carbocycles. The van der Waals surface area contributed by atoms with E-state index in [-0.39, 0.29) is 6.04 Å². The number of ether oxygens (including phenoxy) is 1. The van der Waals surface area contributed by atoms with Crippen LogP contribution in [0.4, 0.5) is 0 Å². The van der Waals surface area contributed by atoms with Crippen molar-refractivity contribution in [3.05, 3.63) is 42.0 Å². The summed E-state index contributed by atoms with van der Waals surface area (Å²) in [5, 5.41) is 2.32. The third-order valence-corrected chi connectivity index (χ3v) is 3.22. The molecule has 0 aliphatic heterocycles. The van der Waals surface area contributed by atoms with Gasteiger partial charge in [0.2, 0.25) is 0 Å². The maximum atomic E-state index is 6.25. The van der Waals surface area contributed by atoms with Crippen molar-refractivity contribution in [3.63, 3.8) is 0 Å². The van der Waals surface area contributed by atoms with E-state index in [4.69, 9.17) is 10.5 Å². The summed E-state index contributed by atoms with van der Waals surface area (Å²) in [5.74, 6) is 1.33. The molecule has 0 saturated heterocycles. The van der Waals surface area contributed by atoms with Gasteiger partial charge in [-0.15, -0.1) is 0 Å². The average molecular weight is 229 g/mol. The minimum Gasteiger partial charge on any atom is -0.496 e. The van der Waals surface area contributed by atoms with Crippen LogP contribution in [0.3, 0.4) is 0 Å². The summed E-state index contributed by atoms with van der Waals surface area (Å²) in [5.41, 5.74) is 7.45. The average Bonchev–Trinajstić information content (AvgIpc) is 2.36. The smallest absolute Gasteiger partial charge is 0.126 e. The summed E-state index contributed by atoms with van der Waals surface area (Å²) < 4.78 is 5.38. The summed E-state index contributed by atoms with van der Waals surface area (Å²) in [4.78, 5) is 0.